The number of carbonyl (C=O) groups is 3. The Balaban J connectivity index is 0.00000272. The van der Waals surface area contributed by atoms with Gasteiger partial charge >= 0.3 is 0 Å². The van der Waals surface area contributed by atoms with Crippen molar-refractivity contribution in [2.24, 2.45) is 17.6 Å². The van der Waals surface area contributed by atoms with Gasteiger partial charge in [-0.3, -0.25) is 19.3 Å². The molecule has 5 unspecified atom stereocenters. The van der Waals surface area contributed by atoms with Crippen LogP contribution in [-0.2, 0) is 20.8 Å². The van der Waals surface area contributed by atoms with Crippen LogP contribution >= 0.6 is 12.4 Å². The van der Waals surface area contributed by atoms with Gasteiger partial charge in [-0.1, -0.05) is 24.3 Å². The zero-order valence-electron chi connectivity index (χ0n) is 16.8. The summed E-state index contributed by atoms with van der Waals surface area (Å²) in [5.74, 6) is -7.23. The van der Waals surface area contributed by atoms with E-state index in [2.05, 4.69) is 0 Å². The Morgan fingerprint density at radius 2 is 1.81 bits per heavy atom. The van der Waals surface area contributed by atoms with Crippen LogP contribution in [-0.4, -0.2) is 74.6 Å². The molecule has 1 aromatic carbocycles. The summed E-state index contributed by atoms with van der Waals surface area (Å²) >= 11 is 0. The predicted octanol–water partition coefficient (Wildman–Crippen LogP) is -0.349. The van der Waals surface area contributed by atoms with Crippen molar-refractivity contribution in [1.29, 1.82) is 0 Å². The molecule has 1 saturated carbocycles. The quantitative estimate of drug-likeness (QED) is 0.382. The second kappa shape index (κ2) is 7.45. The van der Waals surface area contributed by atoms with E-state index in [-0.39, 0.29) is 24.4 Å². The third-order valence-corrected chi connectivity index (χ3v) is 6.45. The number of likely N-dealkylation sites (N-methyl/N-ethyl adjacent to an activating group) is 1. The molecule has 3 aliphatic rings. The number of nitrogens with zero attached hydrogens (tertiary/aromatic N) is 1. The van der Waals surface area contributed by atoms with Gasteiger partial charge in [0.15, 0.2) is 11.4 Å². The molecule has 1 fully saturated rings. The summed E-state index contributed by atoms with van der Waals surface area (Å²) in [4.78, 5) is 39.6. The first kappa shape index (κ1) is 23.0. The molecule has 1 amide bonds. The summed E-state index contributed by atoms with van der Waals surface area (Å²) in [6.07, 6.45) is -1.29. The SMILES string of the molecule is CN(C)C1C(=O)C(C(N)=O)=C(O)C2(O)C(=O)C3=C(O)c4ccccc4CC3C(O)C12.Cl. The van der Waals surface area contributed by atoms with E-state index in [4.69, 9.17) is 5.73 Å². The van der Waals surface area contributed by atoms with Crippen LogP contribution < -0.4 is 5.73 Å². The molecular weight excluding hydrogens is 428 g/mol. The van der Waals surface area contributed by atoms with Gasteiger partial charge in [0.1, 0.15) is 17.1 Å². The smallest absolute Gasteiger partial charge is 0.255 e. The van der Waals surface area contributed by atoms with Crippen LogP contribution in [0.25, 0.3) is 5.76 Å². The van der Waals surface area contributed by atoms with Crippen molar-refractivity contribution >= 4 is 35.6 Å². The molecule has 0 aliphatic heterocycles. The number of Topliss-reactive ketones (excluding diaryl/α,β-unsaturated/α-hetero) is 2. The highest BCUT2D eigenvalue weighted by atomic mass is 35.5. The number of carbonyl (C=O) groups excluding carboxylic acids is 3. The Morgan fingerprint density at radius 1 is 1.19 bits per heavy atom. The third-order valence-electron chi connectivity index (χ3n) is 6.45. The monoisotopic (exact) mass is 450 g/mol. The third kappa shape index (κ3) is 2.85. The Kier molecular flexibility index (Phi) is 5.52. The zero-order valence-corrected chi connectivity index (χ0v) is 17.6. The summed E-state index contributed by atoms with van der Waals surface area (Å²) in [6.45, 7) is 0. The highest BCUT2D eigenvalue weighted by Crippen LogP contribution is 2.51. The molecule has 4 rings (SSSR count). The van der Waals surface area contributed by atoms with E-state index in [1.54, 1.807) is 24.3 Å². The lowest BCUT2D eigenvalue weighted by Crippen LogP contribution is -2.70. The first-order valence-electron chi connectivity index (χ1n) is 9.44. The fraction of sp³-hybridized carbons (Fsp3) is 0.381. The van der Waals surface area contributed by atoms with Crippen molar-refractivity contribution in [2.75, 3.05) is 14.1 Å². The average Bonchev–Trinajstić information content (AvgIpc) is 2.68. The average molecular weight is 451 g/mol. The lowest BCUT2D eigenvalue weighted by atomic mass is 9.56. The van der Waals surface area contributed by atoms with E-state index in [1.165, 1.54) is 19.0 Å². The molecule has 6 N–H and O–H groups in total. The van der Waals surface area contributed by atoms with Crippen LogP contribution in [0, 0.1) is 11.8 Å². The molecule has 9 nitrogen and oxygen atoms in total. The van der Waals surface area contributed by atoms with Crippen molar-refractivity contribution in [3.05, 3.63) is 52.3 Å². The molecule has 1 aromatic rings. The summed E-state index contributed by atoms with van der Waals surface area (Å²) < 4.78 is 0. The number of benzene rings is 1. The van der Waals surface area contributed by atoms with Crippen molar-refractivity contribution < 1.29 is 34.8 Å². The van der Waals surface area contributed by atoms with E-state index in [1.807, 2.05) is 0 Å². The highest BCUT2D eigenvalue weighted by molar-refractivity contribution is 6.24. The van der Waals surface area contributed by atoms with Gasteiger partial charge in [0.25, 0.3) is 5.91 Å². The Hall–Kier alpha value is -2.72. The molecular formula is C21H23ClN2O7. The van der Waals surface area contributed by atoms with Crippen LogP contribution in [0.4, 0.5) is 0 Å². The van der Waals surface area contributed by atoms with Crippen LogP contribution in [0.15, 0.2) is 41.2 Å². The van der Waals surface area contributed by atoms with Crippen LogP contribution in [0.1, 0.15) is 11.1 Å². The van der Waals surface area contributed by atoms with Crippen molar-refractivity contribution in [1.82, 2.24) is 4.90 Å². The molecule has 0 bridgehead atoms. The van der Waals surface area contributed by atoms with Gasteiger partial charge in [-0.25, -0.2) is 0 Å². The number of fused-ring (bicyclic) bond motifs is 3. The van der Waals surface area contributed by atoms with Gasteiger partial charge in [-0.2, -0.15) is 0 Å². The van der Waals surface area contributed by atoms with Crippen LogP contribution in [0.5, 0.6) is 0 Å². The topological polar surface area (TPSA) is 161 Å². The molecule has 10 heteroatoms. The summed E-state index contributed by atoms with van der Waals surface area (Å²) in [5, 5.41) is 44.1. The van der Waals surface area contributed by atoms with E-state index in [9.17, 15) is 34.8 Å². The number of hydrogen-bond donors (Lipinski definition) is 5. The second-order valence-corrected chi connectivity index (χ2v) is 8.20. The molecule has 0 heterocycles. The van der Waals surface area contributed by atoms with Gasteiger partial charge in [0.05, 0.1) is 18.1 Å². The number of ketones is 2. The van der Waals surface area contributed by atoms with Gasteiger partial charge < -0.3 is 26.2 Å². The largest absolute Gasteiger partial charge is 0.508 e. The maximum absolute atomic E-state index is 13.5. The molecule has 0 spiro atoms. The highest BCUT2D eigenvalue weighted by Gasteiger charge is 2.67. The molecule has 5 atom stereocenters. The van der Waals surface area contributed by atoms with Crippen LogP contribution in [0.3, 0.4) is 0 Å². The minimum atomic E-state index is -2.79. The summed E-state index contributed by atoms with van der Waals surface area (Å²) in [5.41, 5.74) is 2.40. The van der Waals surface area contributed by atoms with E-state index in [0.29, 0.717) is 11.1 Å². The zero-order chi connectivity index (χ0) is 22.1. The Morgan fingerprint density at radius 3 is 2.39 bits per heavy atom. The number of amides is 1. The molecule has 31 heavy (non-hydrogen) atoms. The van der Waals surface area contributed by atoms with Crippen LogP contribution in [0.2, 0.25) is 0 Å². The first-order chi connectivity index (χ1) is 14.0. The van der Waals surface area contributed by atoms with Crippen molar-refractivity contribution in [2.45, 2.75) is 24.2 Å². The van der Waals surface area contributed by atoms with Crippen molar-refractivity contribution in [3.63, 3.8) is 0 Å². The number of primary amides is 1. The summed E-state index contributed by atoms with van der Waals surface area (Å²) in [6, 6.07) is 5.47. The minimum absolute atomic E-state index is 0. The minimum Gasteiger partial charge on any atom is -0.508 e. The van der Waals surface area contributed by atoms with E-state index >= 15 is 0 Å². The maximum atomic E-state index is 13.5. The second-order valence-electron chi connectivity index (χ2n) is 8.20. The molecule has 0 saturated heterocycles. The number of rotatable bonds is 2. The standard InChI is InChI=1S/C21H22N2O7.ClH/c1-23(2)14-13-16(25)10-7-8-5-3-4-6-9(8)15(24)11(10)18(27)21(13,30)19(28)12(17(14)26)20(22)29;/h3-6,10,13-14,16,24-25,28,30H,7H2,1-2H3,(H2,22,29);1H. The fourth-order valence-electron chi connectivity index (χ4n) is 5.10. The lowest BCUT2D eigenvalue weighted by molar-refractivity contribution is -0.168. The Bertz CT molecular complexity index is 1060. The lowest BCUT2D eigenvalue weighted by Gasteiger charge is -2.52. The number of aliphatic hydroxyl groups is 4. The van der Waals surface area contributed by atoms with Gasteiger partial charge in [0, 0.05) is 17.1 Å². The van der Waals surface area contributed by atoms with Gasteiger partial charge in [-0.15, -0.1) is 12.4 Å². The fourth-order valence-corrected chi connectivity index (χ4v) is 5.10. The molecule has 166 valence electrons. The number of aliphatic hydroxyl groups excluding tert-OH is 3. The summed E-state index contributed by atoms with van der Waals surface area (Å²) in [7, 11) is 2.97. The van der Waals surface area contributed by atoms with Gasteiger partial charge in [-0.05, 0) is 26.1 Å². The molecule has 0 radical (unpaired) electrons. The predicted molar refractivity (Wildman–Crippen MR) is 111 cm³/mol. The molecule has 0 aromatic heterocycles. The first-order valence-corrected chi connectivity index (χ1v) is 9.44. The maximum Gasteiger partial charge on any atom is 0.255 e. The number of halogens is 1. The van der Waals surface area contributed by atoms with E-state index in [0.717, 1.165) is 0 Å². The number of nitrogens with two attached hydrogens (primary N) is 1. The molecule has 3 aliphatic carbocycles. The number of hydrogen-bond acceptors (Lipinski definition) is 8. The van der Waals surface area contributed by atoms with Gasteiger partial charge in [0.2, 0.25) is 5.78 Å². The Labute approximate surface area is 183 Å². The normalized spacial score (nSPS) is 32.3. The van der Waals surface area contributed by atoms with E-state index < -0.39 is 64.1 Å². The van der Waals surface area contributed by atoms with Crippen molar-refractivity contribution in [3.8, 4) is 0 Å².